The molecule has 0 saturated heterocycles. The molecular formula is C24H14ClNS. The average molecular weight is 384 g/mol. The third kappa shape index (κ3) is 2.11. The highest BCUT2D eigenvalue weighted by molar-refractivity contribution is 7.26. The predicted octanol–water partition coefficient (Wildman–Crippen LogP) is 7.81. The van der Waals surface area contributed by atoms with Crippen LogP contribution in [-0.4, -0.2) is 4.57 Å². The van der Waals surface area contributed by atoms with Gasteiger partial charge in [0.25, 0.3) is 0 Å². The van der Waals surface area contributed by atoms with Gasteiger partial charge in [-0.25, -0.2) is 0 Å². The molecule has 0 N–H and O–H groups in total. The van der Waals surface area contributed by atoms with Crippen LogP contribution in [0.2, 0.25) is 5.02 Å². The molecule has 0 saturated carbocycles. The molecule has 2 aromatic heterocycles. The van der Waals surface area contributed by atoms with E-state index in [0.717, 1.165) is 15.4 Å². The molecule has 2 heterocycles. The fourth-order valence-corrected chi connectivity index (χ4v) is 5.52. The zero-order valence-corrected chi connectivity index (χ0v) is 15.9. The topological polar surface area (TPSA) is 4.93 Å². The van der Waals surface area contributed by atoms with Gasteiger partial charge in [-0.15, -0.1) is 11.3 Å². The molecule has 0 aliphatic heterocycles. The Morgan fingerprint density at radius 2 is 1.22 bits per heavy atom. The van der Waals surface area contributed by atoms with E-state index in [0.29, 0.717) is 0 Å². The molecule has 0 amide bonds. The van der Waals surface area contributed by atoms with Gasteiger partial charge in [0, 0.05) is 31.9 Å². The van der Waals surface area contributed by atoms with E-state index in [9.17, 15) is 0 Å². The maximum Gasteiger partial charge on any atom is 0.0605 e. The second-order valence-corrected chi connectivity index (χ2v) is 8.23. The van der Waals surface area contributed by atoms with Crippen LogP contribution in [0.5, 0.6) is 0 Å². The Labute approximate surface area is 165 Å². The summed E-state index contributed by atoms with van der Waals surface area (Å²) in [6.45, 7) is 0. The first-order valence-electron chi connectivity index (χ1n) is 8.90. The van der Waals surface area contributed by atoms with Crippen LogP contribution in [0.3, 0.4) is 0 Å². The summed E-state index contributed by atoms with van der Waals surface area (Å²) >= 11 is 8.51. The number of halogens is 1. The lowest BCUT2D eigenvalue weighted by molar-refractivity contribution is 1.19. The van der Waals surface area contributed by atoms with E-state index >= 15 is 0 Å². The Bertz CT molecular complexity index is 1440. The number of rotatable bonds is 1. The van der Waals surface area contributed by atoms with Gasteiger partial charge in [-0.3, -0.25) is 0 Å². The van der Waals surface area contributed by atoms with Gasteiger partial charge in [-0.05, 0) is 30.3 Å². The van der Waals surface area contributed by atoms with Crippen molar-refractivity contribution in [2.24, 2.45) is 0 Å². The van der Waals surface area contributed by atoms with Crippen molar-refractivity contribution in [2.75, 3.05) is 0 Å². The van der Waals surface area contributed by atoms with Crippen LogP contribution in [0, 0.1) is 0 Å². The quantitative estimate of drug-likeness (QED) is 0.273. The lowest BCUT2D eigenvalue weighted by atomic mass is 10.1. The summed E-state index contributed by atoms with van der Waals surface area (Å²) in [7, 11) is 0. The Morgan fingerprint density at radius 3 is 1.93 bits per heavy atom. The highest BCUT2D eigenvalue weighted by atomic mass is 35.5. The van der Waals surface area contributed by atoms with Crippen molar-refractivity contribution in [2.45, 2.75) is 0 Å². The normalized spacial score (nSPS) is 11.9. The zero-order valence-electron chi connectivity index (χ0n) is 14.3. The molecule has 6 aromatic rings. The largest absolute Gasteiger partial charge is 0.309 e. The van der Waals surface area contributed by atoms with Crippen LogP contribution >= 0.6 is 22.9 Å². The highest BCUT2D eigenvalue weighted by Crippen LogP contribution is 2.41. The van der Waals surface area contributed by atoms with Crippen molar-refractivity contribution >= 4 is 64.9 Å². The van der Waals surface area contributed by atoms with Crippen molar-refractivity contribution in [3.8, 4) is 5.69 Å². The molecule has 0 aliphatic carbocycles. The molecule has 0 bridgehead atoms. The van der Waals surface area contributed by atoms with Crippen molar-refractivity contribution in [1.82, 2.24) is 4.57 Å². The van der Waals surface area contributed by atoms with Gasteiger partial charge >= 0.3 is 0 Å². The molecular weight excluding hydrogens is 370 g/mol. The van der Waals surface area contributed by atoms with Crippen LogP contribution in [-0.2, 0) is 0 Å². The lowest BCUT2D eigenvalue weighted by Gasteiger charge is -2.09. The number of hydrogen-bond donors (Lipinski definition) is 0. The molecule has 128 valence electrons. The van der Waals surface area contributed by atoms with E-state index in [1.165, 1.54) is 37.3 Å². The number of thiophene rings is 1. The van der Waals surface area contributed by atoms with Gasteiger partial charge in [0.2, 0.25) is 0 Å². The van der Waals surface area contributed by atoms with Crippen LogP contribution in [0.25, 0.3) is 47.7 Å². The summed E-state index contributed by atoms with van der Waals surface area (Å²) in [5.41, 5.74) is 3.51. The number of hydrogen-bond acceptors (Lipinski definition) is 1. The monoisotopic (exact) mass is 383 g/mol. The number of aromatic nitrogens is 1. The van der Waals surface area contributed by atoms with Gasteiger partial charge in [-0.1, -0.05) is 66.2 Å². The molecule has 3 heteroatoms. The Hall–Kier alpha value is -2.81. The van der Waals surface area contributed by atoms with Gasteiger partial charge < -0.3 is 4.57 Å². The number of nitrogens with zero attached hydrogens (tertiary/aromatic N) is 1. The summed E-state index contributed by atoms with van der Waals surface area (Å²) in [6.07, 6.45) is 0. The molecule has 0 unspecified atom stereocenters. The Kier molecular flexibility index (Phi) is 3.16. The fraction of sp³-hybridized carbons (Fsp3) is 0. The smallest absolute Gasteiger partial charge is 0.0605 e. The first-order chi connectivity index (χ1) is 13.3. The number of para-hydroxylation sites is 2. The van der Waals surface area contributed by atoms with Crippen LogP contribution in [0.15, 0.2) is 84.9 Å². The average Bonchev–Trinajstić information content (AvgIpc) is 3.24. The minimum absolute atomic E-state index is 0.811. The molecule has 0 spiro atoms. The van der Waals surface area contributed by atoms with Crippen LogP contribution in [0.1, 0.15) is 0 Å². The molecule has 27 heavy (non-hydrogen) atoms. The minimum atomic E-state index is 0.811. The van der Waals surface area contributed by atoms with Crippen molar-refractivity contribution < 1.29 is 0 Å². The molecule has 0 fully saturated rings. The summed E-state index contributed by atoms with van der Waals surface area (Å²) in [4.78, 5) is 0. The second kappa shape index (κ2) is 5.59. The van der Waals surface area contributed by atoms with Crippen molar-refractivity contribution in [3.05, 3.63) is 90.0 Å². The summed E-state index contributed by atoms with van der Waals surface area (Å²) < 4.78 is 4.75. The van der Waals surface area contributed by atoms with E-state index in [4.69, 9.17) is 11.6 Å². The zero-order chi connectivity index (χ0) is 18.0. The predicted molar refractivity (Wildman–Crippen MR) is 119 cm³/mol. The second-order valence-electron chi connectivity index (χ2n) is 6.77. The maximum atomic E-state index is 6.75. The lowest BCUT2D eigenvalue weighted by Crippen LogP contribution is -1.93. The van der Waals surface area contributed by atoms with E-state index in [1.807, 2.05) is 0 Å². The van der Waals surface area contributed by atoms with Crippen LogP contribution in [0.4, 0.5) is 0 Å². The van der Waals surface area contributed by atoms with Crippen LogP contribution < -0.4 is 0 Å². The van der Waals surface area contributed by atoms with Crippen molar-refractivity contribution in [3.63, 3.8) is 0 Å². The Balaban J connectivity index is 1.79. The fourth-order valence-electron chi connectivity index (χ4n) is 4.10. The van der Waals surface area contributed by atoms with E-state index in [2.05, 4.69) is 89.5 Å². The first-order valence-corrected chi connectivity index (χ1v) is 10.1. The standard InChI is InChI=1S/C24H14ClNS/c25-20-14-15(13-19-18-9-3-6-12-23(18)27-24(19)20)26-21-10-4-1-7-16(21)17-8-2-5-11-22(17)26/h1-14H. The highest BCUT2D eigenvalue weighted by Gasteiger charge is 2.15. The first kappa shape index (κ1) is 15.3. The van der Waals surface area contributed by atoms with Gasteiger partial charge in [0.1, 0.15) is 0 Å². The van der Waals surface area contributed by atoms with Gasteiger partial charge in [0.15, 0.2) is 0 Å². The maximum absolute atomic E-state index is 6.75. The third-order valence-electron chi connectivity index (χ3n) is 5.26. The SMILES string of the molecule is Clc1cc(-n2c3ccccc3c3ccccc32)cc2c1sc1ccccc12. The molecule has 0 aliphatic rings. The summed E-state index contributed by atoms with van der Waals surface area (Å²) in [6, 6.07) is 30.0. The molecule has 0 radical (unpaired) electrons. The summed E-state index contributed by atoms with van der Waals surface area (Å²) in [5.74, 6) is 0. The summed E-state index contributed by atoms with van der Waals surface area (Å²) in [5, 5.41) is 5.83. The Morgan fingerprint density at radius 1 is 0.630 bits per heavy atom. The third-order valence-corrected chi connectivity index (χ3v) is 6.89. The van der Waals surface area contributed by atoms with Crippen molar-refractivity contribution in [1.29, 1.82) is 0 Å². The van der Waals surface area contributed by atoms with E-state index in [1.54, 1.807) is 11.3 Å². The number of fused-ring (bicyclic) bond motifs is 6. The molecule has 6 rings (SSSR count). The van der Waals surface area contributed by atoms with Gasteiger partial charge in [-0.2, -0.15) is 0 Å². The molecule has 0 atom stereocenters. The van der Waals surface area contributed by atoms with E-state index in [-0.39, 0.29) is 0 Å². The minimum Gasteiger partial charge on any atom is -0.309 e. The van der Waals surface area contributed by atoms with E-state index < -0.39 is 0 Å². The molecule has 4 aromatic carbocycles. The van der Waals surface area contributed by atoms with Gasteiger partial charge in [0.05, 0.1) is 20.8 Å². The number of benzene rings is 4. The molecule has 1 nitrogen and oxygen atoms in total.